The van der Waals surface area contributed by atoms with Gasteiger partial charge in [-0.1, -0.05) is 29.8 Å². The molecule has 1 N–H and O–H groups in total. The molecule has 1 aliphatic rings. The van der Waals surface area contributed by atoms with E-state index in [2.05, 4.69) is 5.32 Å². The van der Waals surface area contributed by atoms with Gasteiger partial charge < -0.3 is 5.32 Å². The summed E-state index contributed by atoms with van der Waals surface area (Å²) < 4.78 is 2.04. The molecule has 0 bridgehead atoms. The Hall–Kier alpha value is -3.11. The van der Waals surface area contributed by atoms with Gasteiger partial charge in [-0.3, -0.25) is 9.36 Å². The Morgan fingerprint density at radius 2 is 1.72 bits per heavy atom. The van der Waals surface area contributed by atoms with Crippen molar-refractivity contribution in [3.05, 3.63) is 77.3 Å². The predicted molar refractivity (Wildman–Crippen MR) is 99.5 cm³/mol. The lowest BCUT2D eigenvalue weighted by Gasteiger charge is -2.11. The number of benzene rings is 3. The lowest BCUT2D eigenvalue weighted by Crippen LogP contribution is -2.10. The van der Waals surface area contributed by atoms with Gasteiger partial charge in [0.2, 0.25) is 0 Å². The molecule has 4 aromatic rings. The van der Waals surface area contributed by atoms with Crippen LogP contribution in [0.3, 0.4) is 0 Å². The second-order valence-electron chi connectivity index (χ2n) is 5.92. The van der Waals surface area contributed by atoms with E-state index in [1.807, 2.05) is 71.3 Å². The van der Waals surface area contributed by atoms with Crippen molar-refractivity contribution in [1.29, 1.82) is 0 Å². The average molecular weight is 346 g/mol. The van der Waals surface area contributed by atoms with Gasteiger partial charge in [-0.05, 0) is 48.5 Å². The van der Waals surface area contributed by atoms with Gasteiger partial charge in [0.25, 0.3) is 5.91 Å². The summed E-state index contributed by atoms with van der Waals surface area (Å²) in [6.45, 7) is 0. The van der Waals surface area contributed by atoms with Crippen molar-refractivity contribution in [2.24, 2.45) is 0 Å². The van der Waals surface area contributed by atoms with Crippen molar-refractivity contribution < 1.29 is 4.79 Å². The molecule has 0 aliphatic carbocycles. The minimum Gasteiger partial charge on any atom is -0.320 e. The maximum atomic E-state index is 12.7. The summed E-state index contributed by atoms with van der Waals surface area (Å²) in [4.78, 5) is 17.5. The number of nitrogens with zero attached hydrogens (tertiary/aromatic N) is 2. The maximum Gasteiger partial charge on any atom is 0.257 e. The van der Waals surface area contributed by atoms with E-state index in [0.717, 1.165) is 33.8 Å². The van der Waals surface area contributed by atoms with Crippen LogP contribution in [0.1, 0.15) is 10.4 Å². The van der Waals surface area contributed by atoms with Crippen LogP contribution in [0.5, 0.6) is 0 Å². The first-order valence-corrected chi connectivity index (χ1v) is 8.28. The van der Waals surface area contributed by atoms with Crippen LogP contribution in [0.4, 0.5) is 5.69 Å². The van der Waals surface area contributed by atoms with E-state index in [0.29, 0.717) is 10.6 Å². The molecule has 1 aliphatic heterocycles. The number of nitrogens with one attached hydrogen (secondary N) is 1. The second-order valence-corrected chi connectivity index (χ2v) is 6.36. The third-order valence-electron chi connectivity index (χ3n) is 4.42. The zero-order valence-corrected chi connectivity index (χ0v) is 13.8. The number of carbonyl (C=O) groups excluding carboxylic acids is 1. The summed E-state index contributed by atoms with van der Waals surface area (Å²) in [5, 5.41) is 3.67. The number of fused-ring (bicyclic) bond motifs is 2. The van der Waals surface area contributed by atoms with E-state index in [9.17, 15) is 4.79 Å². The summed E-state index contributed by atoms with van der Waals surface area (Å²) in [5.74, 6) is 0.655. The fraction of sp³-hybridized carbons (Fsp3) is 0. The molecule has 5 heteroatoms. The molecule has 120 valence electrons. The third kappa shape index (κ3) is 2.08. The van der Waals surface area contributed by atoms with E-state index in [-0.39, 0.29) is 5.91 Å². The number of carbonyl (C=O) groups is 1. The van der Waals surface area contributed by atoms with Crippen molar-refractivity contribution in [1.82, 2.24) is 9.55 Å². The molecule has 2 heterocycles. The van der Waals surface area contributed by atoms with Crippen LogP contribution < -0.4 is 5.32 Å². The Kier molecular flexibility index (Phi) is 2.96. The van der Waals surface area contributed by atoms with E-state index in [1.165, 1.54) is 0 Å². The first-order valence-electron chi connectivity index (χ1n) is 7.90. The molecular formula is C20H12ClN3O. The van der Waals surface area contributed by atoms with Crippen molar-refractivity contribution in [3.63, 3.8) is 0 Å². The number of rotatable bonds is 1. The maximum absolute atomic E-state index is 12.7. The Bertz CT molecular complexity index is 1150. The summed E-state index contributed by atoms with van der Waals surface area (Å²) >= 11 is 6.03. The molecule has 4 nitrogen and oxygen atoms in total. The van der Waals surface area contributed by atoms with Gasteiger partial charge in [0.1, 0.15) is 5.82 Å². The Morgan fingerprint density at radius 3 is 2.56 bits per heavy atom. The smallest absolute Gasteiger partial charge is 0.257 e. The molecule has 3 aromatic carbocycles. The first-order chi connectivity index (χ1) is 12.2. The predicted octanol–water partition coefficient (Wildman–Crippen LogP) is 4.91. The fourth-order valence-corrected chi connectivity index (χ4v) is 3.43. The largest absolute Gasteiger partial charge is 0.320 e. The minimum atomic E-state index is -0.126. The van der Waals surface area contributed by atoms with Gasteiger partial charge in [-0.15, -0.1) is 0 Å². The van der Waals surface area contributed by atoms with Gasteiger partial charge >= 0.3 is 0 Å². The van der Waals surface area contributed by atoms with Gasteiger partial charge in [-0.25, -0.2) is 4.98 Å². The molecule has 0 spiro atoms. The lowest BCUT2D eigenvalue weighted by atomic mass is 10.1. The number of para-hydroxylation sites is 3. The van der Waals surface area contributed by atoms with E-state index in [4.69, 9.17) is 16.6 Å². The molecular weight excluding hydrogens is 334 g/mol. The van der Waals surface area contributed by atoms with Crippen LogP contribution in [0.15, 0.2) is 66.7 Å². The summed E-state index contributed by atoms with van der Waals surface area (Å²) in [7, 11) is 0. The molecule has 0 saturated carbocycles. The van der Waals surface area contributed by atoms with E-state index >= 15 is 0 Å². The van der Waals surface area contributed by atoms with Crippen LogP contribution in [0.25, 0.3) is 28.1 Å². The van der Waals surface area contributed by atoms with Crippen LogP contribution in [-0.4, -0.2) is 15.5 Å². The highest BCUT2D eigenvalue weighted by Gasteiger charge is 2.25. The molecule has 25 heavy (non-hydrogen) atoms. The topological polar surface area (TPSA) is 46.9 Å². The molecule has 0 saturated heterocycles. The summed E-state index contributed by atoms with van der Waals surface area (Å²) in [5.41, 5.74) is 4.81. The summed E-state index contributed by atoms with van der Waals surface area (Å²) in [6, 6.07) is 20.9. The third-order valence-corrected chi connectivity index (χ3v) is 4.67. The Morgan fingerprint density at radius 1 is 0.920 bits per heavy atom. The molecule has 1 aromatic heterocycles. The second kappa shape index (κ2) is 5.19. The first kappa shape index (κ1) is 14.3. The highest BCUT2D eigenvalue weighted by molar-refractivity contribution is 6.30. The van der Waals surface area contributed by atoms with Crippen molar-refractivity contribution in [3.8, 4) is 17.1 Å². The van der Waals surface area contributed by atoms with Crippen molar-refractivity contribution >= 4 is 34.2 Å². The SMILES string of the molecule is O=C1Nc2ccccc2-n2c(-c3ccc(Cl)cc3)nc3cccc1c32. The lowest BCUT2D eigenvalue weighted by molar-refractivity contribution is 0.102. The zero-order valence-electron chi connectivity index (χ0n) is 13.0. The van der Waals surface area contributed by atoms with Crippen molar-refractivity contribution in [2.75, 3.05) is 5.32 Å². The van der Waals surface area contributed by atoms with Crippen molar-refractivity contribution in [2.45, 2.75) is 0 Å². The Balaban J connectivity index is 1.94. The number of amides is 1. The number of anilines is 1. The number of aromatic nitrogens is 2. The van der Waals surface area contributed by atoms with Crippen LogP contribution in [0, 0.1) is 0 Å². The standard InChI is InChI=1S/C20H12ClN3O/c21-13-10-8-12(9-11-13)19-22-16-6-3-4-14-18(16)24(19)17-7-2-1-5-15(17)23-20(14)25/h1-11H,(H,23,25). The van der Waals surface area contributed by atoms with Crippen LogP contribution in [0.2, 0.25) is 5.02 Å². The monoisotopic (exact) mass is 345 g/mol. The molecule has 5 rings (SSSR count). The highest BCUT2D eigenvalue weighted by Crippen LogP contribution is 2.36. The Labute approximate surface area is 148 Å². The van der Waals surface area contributed by atoms with Gasteiger partial charge in [0, 0.05) is 10.6 Å². The number of halogens is 1. The van der Waals surface area contributed by atoms with Crippen LogP contribution in [-0.2, 0) is 0 Å². The molecule has 0 unspecified atom stereocenters. The number of hydrogen-bond acceptors (Lipinski definition) is 2. The normalized spacial score (nSPS) is 12.6. The minimum absolute atomic E-state index is 0.126. The number of hydrogen-bond donors (Lipinski definition) is 1. The quantitative estimate of drug-likeness (QED) is 0.532. The zero-order chi connectivity index (χ0) is 17.0. The van der Waals surface area contributed by atoms with Gasteiger partial charge in [0.05, 0.1) is 28.0 Å². The van der Waals surface area contributed by atoms with Crippen LogP contribution >= 0.6 is 11.6 Å². The molecule has 0 radical (unpaired) electrons. The van der Waals surface area contributed by atoms with E-state index < -0.39 is 0 Å². The molecule has 1 amide bonds. The molecule has 0 fully saturated rings. The molecule has 0 atom stereocenters. The number of imidazole rings is 1. The van der Waals surface area contributed by atoms with Gasteiger partial charge in [-0.2, -0.15) is 0 Å². The fourth-order valence-electron chi connectivity index (χ4n) is 3.30. The van der Waals surface area contributed by atoms with E-state index in [1.54, 1.807) is 0 Å². The summed E-state index contributed by atoms with van der Waals surface area (Å²) in [6.07, 6.45) is 0. The highest BCUT2D eigenvalue weighted by atomic mass is 35.5. The average Bonchev–Trinajstić information content (AvgIpc) is 2.96. The van der Waals surface area contributed by atoms with Gasteiger partial charge in [0.15, 0.2) is 0 Å².